The second-order valence-corrected chi connectivity index (χ2v) is 21.6. The van der Waals surface area contributed by atoms with E-state index in [0.717, 1.165) is 89.9 Å². The summed E-state index contributed by atoms with van der Waals surface area (Å²) in [6.07, 6.45) is 79.4. The van der Waals surface area contributed by atoms with Crippen LogP contribution in [0.25, 0.3) is 0 Å². The maximum atomic E-state index is 12.9. The van der Waals surface area contributed by atoms with E-state index in [1.165, 1.54) is 205 Å². The first kappa shape index (κ1) is 71.1. The lowest BCUT2D eigenvalue weighted by molar-refractivity contribution is -0.167. The zero-order valence-electron chi connectivity index (χ0n) is 49.4. The average Bonchev–Trinajstić information content (AvgIpc) is 3.40. The third-order valence-corrected chi connectivity index (χ3v) is 14.3. The molecule has 430 valence electrons. The van der Waals surface area contributed by atoms with Crippen molar-refractivity contribution in [3.8, 4) is 0 Å². The van der Waals surface area contributed by atoms with Crippen molar-refractivity contribution in [2.24, 2.45) is 0 Å². The molecule has 0 spiro atoms. The minimum atomic E-state index is -0.776. The second kappa shape index (κ2) is 62.6. The Morgan fingerprint density at radius 3 is 0.838 bits per heavy atom. The Morgan fingerprint density at radius 1 is 0.284 bits per heavy atom. The topological polar surface area (TPSA) is 78.9 Å². The van der Waals surface area contributed by atoms with Gasteiger partial charge in [0.15, 0.2) is 6.10 Å². The number of carbonyl (C=O) groups is 3. The van der Waals surface area contributed by atoms with Gasteiger partial charge in [0, 0.05) is 19.3 Å². The van der Waals surface area contributed by atoms with E-state index in [2.05, 4.69) is 81.5 Å². The van der Waals surface area contributed by atoms with Gasteiger partial charge in [0.25, 0.3) is 0 Å². The van der Waals surface area contributed by atoms with E-state index < -0.39 is 6.10 Å². The number of hydrogen-bond acceptors (Lipinski definition) is 6. The number of carbonyl (C=O) groups excluding carboxylic acids is 3. The van der Waals surface area contributed by atoms with E-state index in [1.807, 2.05) is 0 Å². The summed E-state index contributed by atoms with van der Waals surface area (Å²) < 4.78 is 16.9. The fourth-order valence-corrected chi connectivity index (χ4v) is 9.43. The highest BCUT2D eigenvalue weighted by Gasteiger charge is 2.19. The molecular weight excluding hydrogens is 913 g/mol. The van der Waals surface area contributed by atoms with Crippen molar-refractivity contribution in [1.29, 1.82) is 0 Å². The van der Waals surface area contributed by atoms with Crippen LogP contribution in [0, 0.1) is 0 Å². The molecule has 1 atom stereocenters. The van der Waals surface area contributed by atoms with E-state index >= 15 is 0 Å². The Labute approximate surface area is 460 Å². The van der Waals surface area contributed by atoms with Crippen LogP contribution < -0.4 is 0 Å². The molecule has 6 heteroatoms. The molecule has 0 aromatic heterocycles. The zero-order chi connectivity index (χ0) is 53.6. The van der Waals surface area contributed by atoms with Gasteiger partial charge in [0.05, 0.1) is 0 Å². The van der Waals surface area contributed by atoms with Crippen LogP contribution in [0.2, 0.25) is 0 Å². The number of hydrogen-bond donors (Lipinski definition) is 0. The molecular formula is C68H122O6. The average molecular weight is 1040 g/mol. The minimum absolute atomic E-state index is 0.0739. The van der Waals surface area contributed by atoms with Crippen molar-refractivity contribution in [1.82, 2.24) is 0 Å². The van der Waals surface area contributed by atoms with Crippen LogP contribution in [0.4, 0.5) is 0 Å². The molecule has 0 saturated heterocycles. The zero-order valence-corrected chi connectivity index (χ0v) is 49.4. The molecule has 0 saturated carbocycles. The van der Waals surface area contributed by atoms with Crippen molar-refractivity contribution >= 4 is 17.9 Å². The van der Waals surface area contributed by atoms with Crippen LogP contribution in [0.3, 0.4) is 0 Å². The van der Waals surface area contributed by atoms with E-state index in [1.54, 1.807) is 0 Å². The van der Waals surface area contributed by atoms with Gasteiger partial charge in [-0.15, -0.1) is 0 Å². The van der Waals surface area contributed by atoms with Crippen molar-refractivity contribution in [2.45, 2.75) is 341 Å². The van der Waals surface area contributed by atoms with Gasteiger partial charge >= 0.3 is 17.9 Å². The first-order chi connectivity index (χ1) is 36.5. The van der Waals surface area contributed by atoms with Crippen LogP contribution in [0.15, 0.2) is 60.8 Å². The van der Waals surface area contributed by atoms with Crippen LogP contribution in [-0.2, 0) is 28.6 Å². The van der Waals surface area contributed by atoms with Gasteiger partial charge in [0.2, 0.25) is 0 Å². The molecule has 0 aromatic rings. The molecule has 0 aromatic carbocycles. The van der Waals surface area contributed by atoms with Crippen molar-refractivity contribution in [3.05, 3.63) is 60.8 Å². The summed E-state index contributed by atoms with van der Waals surface area (Å²) in [7, 11) is 0. The van der Waals surface area contributed by atoms with Crippen LogP contribution >= 0.6 is 0 Å². The Bertz CT molecular complexity index is 1330. The summed E-state index contributed by atoms with van der Waals surface area (Å²) in [5, 5.41) is 0. The minimum Gasteiger partial charge on any atom is -0.462 e. The summed E-state index contributed by atoms with van der Waals surface area (Å²) in [5.74, 6) is -0.864. The fourth-order valence-electron chi connectivity index (χ4n) is 9.43. The fraction of sp³-hybridized carbons (Fsp3) is 0.809. The Kier molecular flexibility index (Phi) is 60.2. The van der Waals surface area contributed by atoms with Crippen LogP contribution in [0.1, 0.15) is 335 Å². The summed E-state index contributed by atoms with van der Waals surface area (Å²) >= 11 is 0. The molecule has 1 unspecified atom stereocenters. The summed E-state index contributed by atoms with van der Waals surface area (Å²) in [6, 6.07) is 0. The number of ether oxygens (including phenoxy) is 3. The Hall–Kier alpha value is -2.89. The molecule has 0 aliphatic carbocycles. The Balaban J connectivity index is 4.29. The SMILES string of the molecule is CC/C=C\C/C=C\C/C=C\C/C=C\CCCCCCCCCCCCCCC(=O)OCC(COC(=O)CCCCCCC/C=C\CCCCCCCC)OC(=O)CCCCCCCCCCCCCCCCCC. The smallest absolute Gasteiger partial charge is 0.306 e. The molecule has 0 amide bonds. The highest BCUT2D eigenvalue weighted by atomic mass is 16.6. The second-order valence-electron chi connectivity index (χ2n) is 21.6. The monoisotopic (exact) mass is 1030 g/mol. The highest BCUT2D eigenvalue weighted by molar-refractivity contribution is 5.71. The van der Waals surface area contributed by atoms with E-state index in [9.17, 15) is 14.4 Å². The molecule has 0 bridgehead atoms. The van der Waals surface area contributed by atoms with Crippen molar-refractivity contribution < 1.29 is 28.6 Å². The Morgan fingerprint density at radius 2 is 0.527 bits per heavy atom. The molecule has 0 N–H and O–H groups in total. The first-order valence-electron chi connectivity index (χ1n) is 32.3. The predicted molar refractivity (Wildman–Crippen MR) is 321 cm³/mol. The lowest BCUT2D eigenvalue weighted by Crippen LogP contribution is -2.30. The lowest BCUT2D eigenvalue weighted by atomic mass is 10.0. The van der Waals surface area contributed by atoms with Gasteiger partial charge in [0.1, 0.15) is 13.2 Å². The van der Waals surface area contributed by atoms with Gasteiger partial charge in [-0.2, -0.15) is 0 Å². The molecule has 0 radical (unpaired) electrons. The third kappa shape index (κ3) is 60.0. The maximum Gasteiger partial charge on any atom is 0.306 e. The highest BCUT2D eigenvalue weighted by Crippen LogP contribution is 2.17. The van der Waals surface area contributed by atoms with Gasteiger partial charge < -0.3 is 14.2 Å². The largest absolute Gasteiger partial charge is 0.462 e. The molecule has 6 nitrogen and oxygen atoms in total. The van der Waals surface area contributed by atoms with E-state index in [4.69, 9.17) is 14.2 Å². The van der Waals surface area contributed by atoms with Gasteiger partial charge in [-0.3, -0.25) is 14.4 Å². The van der Waals surface area contributed by atoms with Crippen molar-refractivity contribution in [2.75, 3.05) is 13.2 Å². The summed E-state index contributed by atoms with van der Waals surface area (Å²) in [6.45, 7) is 6.56. The standard InChI is InChI=1S/C68H122O6/c1-4-7-10-13-16-19-22-25-28-30-31-32-33-34-35-36-37-38-41-43-46-49-52-55-58-61-67(70)73-64-65(63-72-66(69)60-57-54-51-48-45-42-39-27-24-21-18-15-12-9-6-3)74-68(71)62-59-56-53-50-47-44-40-29-26-23-20-17-14-11-8-5-2/h7,10,16,19,25,27-28,31-32,39,65H,4-6,8-9,11-15,17-18,20-24,26,29-30,33-38,40-64H2,1-3H3/b10-7-,19-16-,28-25-,32-31-,39-27-. The normalized spacial score (nSPS) is 12.4. The lowest BCUT2D eigenvalue weighted by Gasteiger charge is -2.18. The van der Waals surface area contributed by atoms with Crippen LogP contribution in [0.5, 0.6) is 0 Å². The third-order valence-electron chi connectivity index (χ3n) is 14.3. The number of allylic oxidation sites excluding steroid dienone is 10. The van der Waals surface area contributed by atoms with Gasteiger partial charge in [-0.05, 0) is 83.5 Å². The van der Waals surface area contributed by atoms with Crippen molar-refractivity contribution in [3.63, 3.8) is 0 Å². The van der Waals surface area contributed by atoms with E-state index in [-0.39, 0.29) is 31.1 Å². The quantitative estimate of drug-likeness (QED) is 0.0261. The van der Waals surface area contributed by atoms with Gasteiger partial charge in [-0.25, -0.2) is 0 Å². The molecule has 0 aliphatic heterocycles. The number of esters is 3. The number of unbranched alkanes of at least 4 members (excludes halogenated alkanes) is 38. The maximum absolute atomic E-state index is 12.9. The molecule has 0 rings (SSSR count). The molecule has 0 aliphatic rings. The molecule has 0 heterocycles. The molecule has 0 fully saturated rings. The summed E-state index contributed by atoms with van der Waals surface area (Å²) in [4.78, 5) is 38.3. The van der Waals surface area contributed by atoms with Crippen LogP contribution in [-0.4, -0.2) is 37.2 Å². The number of rotatable bonds is 59. The predicted octanol–water partition coefficient (Wildman–Crippen LogP) is 21.9. The summed E-state index contributed by atoms with van der Waals surface area (Å²) in [5.41, 5.74) is 0. The molecule has 74 heavy (non-hydrogen) atoms. The van der Waals surface area contributed by atoms with E-state index in [0.29, 0.717) is 19.3 Å². The van der Waals surface area contributed by atoms with Gasteiger partial charge in [-0.1, -0.05) is 293 Å². The first-order valence-corrected chi connectivity index (χ1v) is 32.3.